The Bertz CT molecular complexity index is 8760. The van der Waals surface area contributed by atoms with Crippen LogP contribution in [0.4, 0.5) is 0 Å². The molecule has 0 saturated heterocycles. The Morgan fingerprint density at radius 1 is 0.194 bits per heavy atom. The van der Waals surface area contributed by atoms with Crippen LogP contribution >= 0.6 is 0 Å². The maximum Gasteiger partial charge on any atom is 0.243 e. The molecule has 0 amide bonds. The monoisotopic (exact) mass is 2980 g/mol. The first-order valence-electron chi connectivity index (χ1n) is 42.9. The van der Waals surface area contributed by atoms with Crippen LogP contribution < -0.4 is 57.3 Å². The molecule has 0 N–H and O–H groups in total. The number of furan rings is 6. The molecule has 30 rings (SSSR count). The molecule has 0 unspecified atom stereocenters. The number of rotatable bonds is 12. The molecule has 0 spiro atoms. The molecule has 732 valence electrons. The molecule has 0 aliphatic carbocycles. The Balaban J connectivity index is 0.000000108. The second kappa shape index (κ2) is 40.5. The van der Waals surface area contributed by atoms with Gasteiger partial charge in [0.25, 0.3) is 0 Å². The van der Waals surface area contributed by atoms with E-state index in [1.54, 1.807) is 88.5 Å². The smallest absolute Gasteiger partial charge is 0.243 e. The number of hydrogen-bond acceptors (Lipinski definition) is 12. The van der Waals surface area contributed by atoms with Gasteiger partial charge in [-0.2, -0.15) is 0 Å². The van der Waals surface area contributed by atoms with E-state index in [1.807, 2.05) is 332 Å². The van der Waals surface area contributed by atoms with Crippen LogP contribution in [0.2, 0.25) is 0 Å². The maximum atomic E-state index is 5.79. The molecule has 24 heterocycles. The number of fused-ring (bicyclic) bond motifs is 18. The molecular formula is C102H66N30O6Pt6-12. The summed E-state index contributed by atoms with van der Waals surface area (Å²) in [5.74, 6) is 0. The molecular weight excluding hydrogens is 2910 g/mol. The average molecular weight is 2980 g/mol. The molecule has 0 aliphatic rings. The number of nitrogens with zero attached hydrogens (tertiary/aromatic N) is 30. The summed E-state index contributed by atoms with van der Waals surface area (Å²) in [5.41, 5.74) is 25.6. The van der Waals surface area contributed by atoms with Gasteiger partial charge in [-0.05, 0) is 66.4 Å². The molecule has 6 aromatic carbocycles. The third-order valence-corrected chi connectivity index (χ3v) is 23.5. The molecule has 0 fully saturated rings. The summed E-state index contributed by atoms with van der Waals surface area (Å²) in [5, 5.41) is 5.86. The third-order valence-electron chi connectivity index (χ3n) is 23.5. The van der Waals surface area contributed by atoms with Crippen molar-refractivity contribution in [3.8, 4) is 68.2 Å². The van der Waals surface area contributed by atoms with E-state index in [-0.39, 0.29) is 126 Å². The van der Waals surface area contributed by atoms with Crippen LogP contribution in [0.15, 0.2) is 322 Å². The molecule has 30 aromatic rings. The zero-order chi connectivity index (χ0) is 92.3. The van der Waals surface area contributed by atoms with Crippen molar-refractivity contribution in [3.05, 3.63) is 371 Å². The first kappa shape index (κ1) is 97.3. The average Bonchev–Trinajstić information content (AvgIpc) is 1.62. The van der Waals surface area contributed by atoms with Gasteiger partial charge in [0.05, 0.1) is 96.9 Å². The molecule has 0 radical (unpaired) electrons. The van der Waals surface area contributed by atoms with Gasteiger partial charge in [-0.3, -0.25) is 0 Å². The number of imidazole rings is 12. The van der Waals surface area contributed by atoms with Crippen molar-refractivity contribution >= 4 is 132 Å². The Morgan fingerprint density at radius 2 is 0.347 bits per heavy atom. The predicted octanol–water partition coefficient (Wildman–Crippen LogP) is 11.7. The Kier molecular flexibility index (Phi) is 27.3. The van der Waals surface area contributed by atoms with E-state index in [4.69, 9.17) is 56.4 Å². The molecule has 36 nitrogen and oxygen atoms in total. The van der Waals surface area contributed by atoms with E-state index in [1.165, 1.54) is 0 Å². The van der Waals surface area contributed by atoms with Gasteiger partial charge in [0, 0.05) is 256 Å². The minimum Gasteiger partial charge on any atom is -0.665 e. The molecule has 144 heavy (non-hydrogen) atoms. The number of aromatic nitrogens is 30. The van der Waals surface area contributed by atoms with E-state index >= 15 is 0 Å². The van der Waals surface area contributed by atoms with Crippen molar-refractivity contribution in [1.29, 1.82) is 0 Å². The minimum atomic E-state index is 0. The van der Waals surface area contributed by atoms with Crippen LogP contribution in [0, 0.1) is 75.9 Å². The van der Waals surface area contributed by atoms with Crippen molar-refractivity contribution in [1.82, 2.24) is 115 Å². The van der Waals surface area contributed by atoms with Crippen molar-refractivity contribution in [2.45, 2.75) is 0 Å². The van der Waals surface area contributed by atoms with Gasteiger partial charge in [0.1, 0.15) is 33.5 Å². The van der Waals surface area contributed by atoms with Crippen molar-refractivity contribution in [3.63, 3.8) is 0 Å². The fourth-order valence-electron chi connectivity index (χ4n) is 17.1. The zero-order valence-electron chi connectivity index (χ0n) is 75.5. The van der Waals surface area contributed by atoms with Crippen LogP contribution in [-0.2, 0) is 169 Å². The Labute approximate surface area is 900 Å². The summed E-state index contributed by atoms with van der Waals surface area (Å²) in [7, 11) is 11.6. The standard InChI is InChI=1S/6C17H11N5O.6Pt/c3*1-20-7-8-22(11-20)13-4-2-3-12-15(13)19-16-14(9-23-17(12)16)21-6-5-18-10-21;3*1-20-7-8-22(11-20)14-9-23-17-12-3-2-4-13(15(12)19-16(14)17)21-6-5-18-10-21;;;;;;/h6*2-9H,1H3;;;;;;/q6*-2;;;;;;. The summed E-state index contributed by atoms with van der Waals surface area (Å²) in [6.07, 6.45) is 91.1. The van der Waals surface area contributed by atoms with Gasteiger partial charge < -0.3 is 169 Å². The molecule has 42 heteroatoms. The quantitative estimate of drug-likeness (QED) is 0.0810. The van der Waals surface area contributed by atoms with E-state index < -0.39 is 0 Å². The molecule has 0 bridgehead atoms. The van der Waals surface area contributed by atoms with Crippen LogP contribution in [0.5, 0.6) is 0 Å². The third kappa shape index (κ3) is 17.4. The van der Waals surface area contributed by atoms with Crippen LogP contribution in [0.3, 0.4) is 0 Å². The van der Waals surface area contributed by atoms with Crippen LogP contribution in [0.25, 0.3) is 200 Å². The fourth-order valence-corrected chi connectivity index (χ4v) is 17.1. The van der Waals surface area contributed by atoms with Gasteiger partial charge >= 0.3 is 0 Å². The van der Waals surface area contributed by atoms with Crippen LogP contribution in [-0.4, -0.2) is 84.7 Å². The number of hydrogen-bond donors (Lipinski definition) is 0. The van der Waals surface area contributed by atoms with Gasteiger partial charge in [0.15, 0.2) is 0 Å². The van der Waals surface area contributed by atoms with E-state index in [2.05, 4.69) is 106 Å². The topological polar surface area (TPSA) is 323 Å². The first-order chi connectivity index (χ1) is 67.9. The number of benzene rings is 6. The van der Waals surface area contributed by atoms with E-state index in [0.717, 1.165) is 200 Å². The van der Waals surface area contributed by atoms with Gasteiger partial charge in [-0.1, -0.05) is 200 Å². The second-order valence-corrected chi connectivity index (χ2v) is 32.2. The Hall–Kier alpha value is -15.6. The van der Waals surface area contributed by atoms with E-state index in [0.29, 0.717) is 0 Å². The Morgan fingerprint density at radius 3 is 0.500 bits per heavy atom. The first-order valence-corrected chi connectivity index (χ1v) is 42.9. The van der Waals surface area contributed by atoms with Crippen molar-refractivity contribution < 1.29 is 180 Å². The van der Waals surface area contributed by atoms with E-state index in [9.17, 15) is 0 Å². The molecule has 0 atom stereocenters. The molecule has 24 aromatic heterocycles. The maximum absolute atomic E-state index is 5.79. The molecule has 0 aliphatic heterocycles. The zero-order valence-corrected chi connectivity index (χ0v) is 89.1. The summed E-state index contributed by atoms with van der Waals surface area (Å²) < 4.78 is 68.1. The summed E-state index contributed by atoms with van der Waals surface area (Å²) in [6.45, 7) is 0. The summed E-state index contributed by atoms with van der Waals surface area (Å²) in [4.78, 5) is 52.7. The predicted molar refractivity (Wildman–Crippen MR) is 494 cm³/mol. The van der Waals surface area contributed by atoms with Crippen LogP contribution in [0.1, 0.15) is 0 Å². The van der Waals surface area contributed by atoms with Crippen molar-refractivity contribution in [2.75, 3.05) is 0 Å². The van der Waals surface area contributed by atoms with Gasteiger partial charge in [-0.25, -0.2) is 0 Å². The second-order valence-electron chi connectivity index (χ2n) is 32.2. The summed E-state index contributed by atoms with van der Waals surface area (Å²) >= 11 is 0. The summed E-state index contributed by atoms with van der Waals surface area (Å²) in [6, 6.07) is 36.1. The number of para-hydroxylation sites is 6. The van der Waals surface area contributed by atoms with Crippen molar-refractivity contribution in [2.24, 2.45) is 42.3 Å². The van der Waals surface area contributed by atoms with Gasteiger partial charge in [-0.15, -0.1) is 49.7 Å². The minimum absolute atomic E-state index is 0. The normalized spacial score (nSPS) is 11.2. The largest absolute Gasteiger partial charge is 0.665 e. The SMILES string of the molecule is C[n+]1[c-]n(-c2cccc3c2[n-]c2c(-n4[c-]ncc4)coc23)cc1.C[n+]1[c-]n(-c2cccc3c2[n-]c2c(-n4[c-]ncc4)coc23)cc1.C[n+]1[c-]n(-c2cccc3c2[n-]c2c(-n4[c-]ncc4)coc23)cc1.C[n+]1[c-]n(-c2coc3c2[n-]c2c(-n4[c-]ncc4)cccc23)cc1.C[n+]1[c-]n(-c2coc3c2[n-]c2c(-n4[c-]ncc4)cccc23)cc1.C[n+]1[c-]n(-c2coc3c2[n-]c2c(-n4[c-]ncc4)cccc23)cc1.[Pt].[Pt].[Pt].[Pt].[Pt].[Pt]. The molecule has 0 saturated carbocycles. The van der Waals surface area contributed by atoms with Gasteiger partial charge in [0.2, 0.25) is 38.0 Å². The number of aryl methyl sites for hydroxylation is 6. The fraction of sp³-hybridized carbons (Fsp3) is 0.0588.